The van der Waals surface area contributed by atoms with E-state index in [1.165, 1.54) is 0 Å². The van der Waals surface area contributed by atoms with Gasteiger partial charge in [-0.25, -0.2) is 0 Å². The highest BCUT2D eigenvalue weighted by Crippen LogP contribution is 2.16. The maximum absolute atomic E-state index is 11.0. The van der Waals surface area contributed by atoms with Gasteiger partial charge in [0.05, 0.1) is 12.1 Å². The van der Waals surface area contributed by atoms with Gasteiger partial charge < -0.3 is 15.8 Å². The average molecular weight is 200 g/mol. The van der Waals surface area contributed by atoms with Gasteiger partial charge in [-0.2, -0.15) is 0 Å². The van der Waals surface area contributed by atoms with Crippen LogP contribution in [-0.2, 0) is 9.53 Å². The molecule has 0 radical (unpaired) electrons. The Labute approximate surface area is 85.2 Å². The molecule has 1 aliphatic heterocycles. The lowest BCUT2D eigenvalue weighted by Crippen LogP contribution is -2.47. The van der Waals surface area contributed by atoms with Crippen molar-refractivity contribution in [3.05, 3.63) is 0 Å². The van der Waals surface area contributed by atoms with Gasteiger partial charge in [-0.3, -0.25) is 4.79 Å². The molecule has 4 nitrogen and oxygen atoms in total. The number of nitrogens with one attached hydrogen (secondary N) is 1. The van der Waals surface area contributed by atoms with Crippen molar-refractivity contribution in [2.24, 2.45) is 11.7 Å². The first-order valence-corrected chi connectivity index (χ1v) is 5.24. The number of carbonyl (C=O) groups excluding carboxylic acids is 1. The molecule has 1 heterocycles. The summed E-state index contributed by atoms with van der Waals surface area (Å²) in [6.45, 7) is 5.64. The van der Waals surface area contributed by atoms with Gasteiger partial charge in [0.1, 0.15) is 0 Å². The predicted molar refractivity (Wildman–Crippen MR) is 54.8 cm³/mol. The van der Waals surface area contributed by atoms with Crippen molar-refractivity contribution in [1.29, 1.82) is 0 Å². The molecule has 2 atom stereocenters. The molecule has 1 amide bonds. The molecule has 0 saturated carbocycles. The molecule has 4 heteroatoms. The van der Waals surface area contributed by atoms with E-state index in [0.717, 1.165) is 26.0 Å². The average Bonchev–Trinajstić information content (AvgIpc) is 2.15. The summed E-state index contributed by atoms with van der Waals surface area (Å²) >= 11 is 0. The van der Waals surface area contributed by atoms with Gasteiger partial charge in [-0.15, -0.1) is 0 Å². The van der Waals surface area contributed by atoms with Gasteiger partial charge in [0.15, 0.2) is 0 Å². The van der Waals surface area contributed by atoms with Crippen LogP contribution in [0.15, 0.2) is 0 Å². The molecule has 0 aromatic carbocycles. The van der Waals surface area contributed by atoms with Crippen LogP contribution in [-0.4, -0.2) is 31.2 Å². The van der Waals surface area contributed by atoms with E-state index in [1.807, 2.05) is 13.8 Å². The van der Waals surface area contributed by atoms with Crippen LogP contribution in [0.4, 0.5) is 0 Å². The van der Waals surface area contributed by atoms with Gasteiger partial charge in [0, 0.05) is 6.61 Å². The summed E-state index contributed by atoms with van der Waals surface area (Å²) in [6.07, 6.45) is 2.13. The Kier molecular flexibility index (Phi) is 4.35. The molecule has 0 aliphatic carbocycles. The number of rotatable bonds is 4. The Morgan fingerprint density at radius 2 is 2.36 bits per heavy atom. The highest BCUT2D eigenvalue weighted by molar-refractivity contribution is 5.79. The summed E-state index contributed by atoms with van der Waals surface area (Å²) < 4.78 is 5.53. The lowest BCUT2D eigenvalue weighted by molar-refractivity contribution is -0.121. The Balaban J connectivity index is 2.29. The van der Waals surface area contributed by atoms with Crippen LogP contribution in [0.1, 0.15) is 26.7 Å². The van der Waals surface area contributed by atoms with Crippen molar-refractivity contribution in [2.45, 2.75) is 38.8 Å². The minimum atomic E-state index is -0.251. The summed E-state index contributed by atoms with van der Waals surface area (Å²) in [5.41, 5.74) is 5.24. The van der Waals surface area contributed by atoms with Gasteiger partial charge in [0.25, 0.3) is 0 Å². The minimum absolute atomic E-state index is 0.162. The Morgan fingerprint density at radius 1 is 1.64 bits per heavy atom. The fourth-order valence-electron chi connectivity index (χ4n) is 1.69. The van der Waals surface area contributed by atoms with Crippen LogP contribution in [0.5, 0.6) is 0 Å². The zero-order valence-corrected chi connectivity index (χ0v) is 8.95. The second-order valence-corrected chi connectivity index (χ2v) is 4.18. The topological polar surface area (TPSA) is 64.3 Å². The molecule has 1 fully saturated rings. The summed E-state index contributed by atoms with van der Waals surface area (Å²) in [6, 6.07) is -0.162. The minimum Gasteiger partial charge on any atom is -0.379 e. The predicted octanol–water partition coefficient (Wildman–Crippen LogP) is 0.265. The van der Waals surface area contributed by atoms with E-state index < -0.39 is 0 Å². The molecule has 0 spiro atoms. The smallest absolute Gasteiger partial charge is 0.234 e. The fraction of sp³-hybridized carbons (Fsp3) is 0.900. The SMILES string of the molecule is CC(C)OCC1CCNC(C(N)=O)C1. The normalized spacial score (nSPS) is 27.9. The quantitative estimate of drug-likeness (QED) is 0.684. The molecule has 1 aliphatic rings. The van der Waals surface area contributed by atoms with Crippen LogP contribution >= 0.6 is 0 Å². The second kappa shape index (κ2) is 5.32. The molecular weight excluding hydrogens is 180 g/mol. The number of hydrogen-bond acceptors (Lipinski definition) is 3. The van der Waals surface area contributed by atoms with Crippen LogP contribution < -0.4 is 11.1 Å². The number of amides is 1. The molecule has 14 heavy (non-hydrogen) atoms. The lowest BCUT2D eigenvalue weighted by Gasteiger charge is -2.28. The third-order valence-electron chi connectivity index (χ3n) is 2.52. The van der Waals surface area contributed by atoms with Crippen LogP contribution in [0.25, 0.3) is 0 Å². The molecule has 1 saturated heterocycles. The third kappa shape index (κ3) is 3.64. The highest BCUT2D eigenvalue weighted by Gasteiger charge is 2.25. The van der Waals surface area contributed by atoms with Crippen LogP contribution in [0.2, 0.25) is 0 Å². The van der Waals surface area contributed by atoms with E-state index in [0.29, 0.717) is 5.92 Å². The van der Waals surface area contributed by atoms with Crippen molar-refractivity contribution >= 4 is 5.91 Å². The second-order valence-electron chi connectivity index (χ2n) is 4.18. The largest absolute Gasteiger partial charge is 0.379 e. The standard InChI is InChI=1S/C10H20N2O2/c1-7(2)14-6-8-3-4-12-9(5-8)10(11)13/h7-9,12H,3-6H2,1-2H3,(H2,11,13). The number of hydrogen-bond donors (Lipinski definition) is 2. The van der Waals surface area contributed by atoms with E-state index in [4.69, 9.17) is 10.5 Å². The number of piperidine rings is 1. The number of primary amides is 1. The summed E-state index contributed by atoms with van der Waals surface area (Å²) in [5.74, 6) is 0.218. The summed E-state index contributed by atoms with van der Waals surface area (Å²) in [7, 11) is 0. The van der Waals surface area contributed by atoms with Gasteiger partial charge in [-0.1, -0.05) is 0 Å². The highest BCUT2D eigenvalue weighted by atomic mass is 16.5. The summed E-state index contributed by atoms with van der Waals surface area (Å²) in [4.78, 5) is 11.0. The molecule has 0 bridgehead atoms. The first-order valence-electron chi connectivity index (χ1n) is 5.24. The Morgan fingerprint density at radius 3 is 2.93 bits per heavy atom. The molecule has 1 rings (SSSR count). The number of nitrogens with two attached hydrogens (primary N) is 1. The van der Waals surface area contributed by atoms with Crippen molar-refractivity contribution < 1.29 is 9.53 Å². The van der Waals surface area contributed by atoms with E-state index in [2.05, 4.69) is 5.32 Å². The fourth-order valence-corrected chi connectivity index (χ4v) is 1.69. The van der Waals surface area contributed by atoms with Gasteiger partial charge >= 0.3 is 0 Å². The maximum Gasteiger partial charge on any atom is 0.234 e. The summed E-state index contributed by atoms with van der Waals surface area (Å²) in [5, 5.41) is 3.11. The van der Waals surface area contributed by atoms with Gasteiger partial charge in [-0.05, 0) is 39.2 Å². The van der Waals surface area contributed by atoms with E-state index in [1.54, 1.807) is 0 Å². The van der Waals surface area contributed by atoms with E-state index in [9.17, 15) is 4.79 Å². The van der Waals surface area contributed by atoms with Crippen molar-refractivity contribution in [2.75, 3.05) is 13.2 Å². The monoisotopic (exact) mass is 200 g/mol. The van der Waals surface area contributed by atoms with Gasteiger partial charge in [0.2, 0.25) is 5.91 Å². The van der Waals surface area contributed by atoms with Crippen molar-refractivity contribution in [3.63, 3.8) is 0 Å². The first kappa shape index (κ1) is 11.5. The molecule has 0 aromatic rings. The first-order chi connectivity index (χ1) is 6.59. The van der Waals surface area contributed by atoms with E-state index >= 15 is 0 Å². The molecule has 2 unspecified atom stereocenters. The number of carbonyl (C=O) groups is 1. The molecule has 0 aromatic heterocycles. The van der Waals surface area contributed by atoms with Crippen molar-refractivity contribution in [3.8, 4) is 0 Å². The molecular formula is C10H20N2O2. The maximum atomic E-state index is 11.0. The number of ether oxygens (including phenoxy) is 1. The molecule has 3 N–H and O–H groups in total. The lowest BCUT2D eigenvalue weighted by atomic mass is 9.93. The van der Waals surface area contributed by atoms with Crippen molar-refractivity contribution in [1.82, 2.24) is 5.32 Å². The van der Waals surface area contributed by atoms with Crippen LogP contribution in [0, 0.1) is 5.92 Å². The Bertz CT molecular complexity index is 195. The van der Waals surface area contributed by atoms with E-state index in [-0.39, 0.29) is 18.1 Å². The zero-order valence-electron chi connectivity index (χ0n) is 8.95. The third-order valence-corrected chi connectivity index (χ3v) is 2.52. The molecule has 82 valence electrons. The van der Waals surface area contributed by atoms with Crippen LogP contribution in [0.3, 0.4) is 0 Å². The zero-order chi connectivity index (χ0) is 10.6. The Hall–Kier alpha value is -0.610.